The highest BCUT2D eigenvalue weighted by Gasteiger charge is 2.46. The number of hydrogen-bond donors (Lipinski definition) is 0. The molecule has 1 spiro atoms. The Labute approximate surface area is 137 Å². The first-order chi connectivity index (χ1) is 10.9. The van der Waals surface area contributed by atoms with Gasteiger partial charge in [0.2, 0.25) is 5.91 Å². The van der Waals surface area contributed by atoms with Crippen LogP contribution in [0.25, 0.3) is 0 Å². The second-order valence-corrected chi connectivity index (χ2v) is 7.28. The lowest BCUT2D eigenvalue weighted by atomic mass is 9.93. The van der Waals surface area contributed by atoms with Crippen molar-refractivity contribution in [2.24, 2.45) is 0 Å². The number of carbonyl (C=O) groups is 2. The third-order valence-electron chi connectivity index (χ3n) is 4.89. The predicted molar refractivity (Wildman–Crippen MR) is 84.1 cm³/mol. The van der Waals surface area contributed by atoms with E-state index in [4.69, 9.17) is 9.47 Å². The van der Waals surface area contributed by atoms with Gasteiger partial charge in [-0.15, -0.1) is 0 Å². The van der Waals surface area contributed by atoms with Gasteiger partial charge in [0.25, 0.3) is 0 Å². The van der Waals surface area contributed by atoms with Crippen LogP contribution in [-0.4, -0.2) is 90.8 Å². The standard InChI is InChI=1S/C16H27N3O4/c1-12-7-19(8-13(2)22-12)14(20)9-18-6-4-5-16(11-18)10-17(3)15(21)23-16/h12-13H,4-11H2,1-3H3/t12-,13+,16?. The highest BCUT2D eigenvalue weighted by Crippen LogP contribution is 2.31. The van der Waals surface area contributed by atoms with E-state index in [0.29, 0.717) is 32.7 Å². The van der Waals surface area contributed by atoms with Gasteiger partial charge in [0.1, 0.15) is 5.60 Å². The minimum Gasteiger partial charge on any atom is -0.440 e. The molecule has 7 heteroatoms. The average molecular weight is 325 g/mol. The topological polar surface area (TPSA) is 62.3 Å². The van der Waals surface area contributed by atoms with Crippen molar-refractivity contribution in [3.8, 4) is 0 Å². The zero-order valence-electron chi connectivity index (χ0n) is 14.3. The molecular formula is C16H27N3O4. The maximum Gasteiger partial charge on any atom is 0.410 e. The fourth-order valence-corrected chi connectivity index (χ4v) is 4.00. The lowest BCUT2D eigenvalue weighted by molar-refractivity contribution is -0.145. The largest absolute Gasteiger partial charge is 0.440 e. The van der Waals surface area contributed by atoms with Gasteiger partial charge in [-0.25, -0.2) is 4.79 Å². The first-order valence-electron chi connectivity index (χ1n) is 8.47. The van der Waals surface area contributed by atoms with E-state index < -0.39 is 5.60 Å². The highest BCUT2D eigenvalue weighted by molar-refractivity contribution is 5.78. The number of carbonyl (C=O) groups excluding carboxylic acids is 2. The van der Waals surface area contributed by atoms with E-state index in [2.05, 4.69) is 4.90 Å². The van der Waals surface area contributed by atoms with Gasteiger partial charge < -0.3 is 19.3 Å². The molecule has 0 aromatic rings. The summed E-state index contributed by atoms with van der Waals surface area (Å²) in [6, 6.07) is 0. The summed E-state index contributed by atoms with van der Waals surface area (Å²) in [5.41, 5.74) is -0.435. The maximum absolute atomic E-state index is 12.6. The number of morpholine rings is 1. The Balaban J connectivity index is 1.57. The molecule has 3 aliphatic rings. The average Bonchev–Trinajstić information content (AvgIpc) is 2.71. The van der Waals surface area contributed by atoms with Crippen LogP contribution in [0.5, 0.6) is 0 Å². The molecule has 3 heterocycles. The summed E-state index contributed by atoms with van der Waals surface area (Å²) in [4.78, 5) is 29.9. The molecule has 2 amide bonds. The van der Waals surface area contributed by atoms with Crippen LogP contribution in [-0.2, 0) is 14.3 Å². The van der Waals surface area contributed by atoms with E-state index in [1.165, 1.54) is 0 Å². The SMILES string of the molecule is C[C@@H]1CN(C(=O)CN2CCCC3(C2)CN(C)C(=O)O3)C[C@H](C)O1. The summed E-state index contributed by atoms with van der Waals surface area (Å²) in [5.74, 6) is 0.140. The minimum absolute atomic E-state index is 0.0832. The van der Waals surface area contributed by atoms with Gasteiger partial charge in [0, 0.05) is 26.7 Å². The highest BCUT2D eigenvalue weighted by atomic mass is 16.6. The molecule has 0 aromatic heterocycles. The van der Waals surface area contributed by atoms with E-state index in [-0.39, 0.29) is 24.2 Å². The van der Waals surface area contributed by atoms with Gasteiger partial charge in [-0.05, 0) is 33.2 Å². The van der Waals surface area contributed by atoms with Crippen molar-refractivity contribution in [3.05, 3.63) is 0 Å². The van der Waals surface area contributed by atoms with Crippen LogP contribution in [0.15, 0.2) is 0 Å². The van der Waals surface area contributed by atoms with Crippen LogP contribution < -0.4 is 0 Å². The van der Waals surface area contributed by atoms with Gasteiger partial charge in [-0.3, -0.25) is 9.69 Å². The van der Waals surface area contributed by atoms with Crippen LogP contribution in [0.2, 0.25) is 0 Å². The van der Waals surface area contributed by atoms with Crippen molar-refractivity contribution in [2.75, 3.05) is 46.3 Å². The number of piperidine rings is 1. The molecular weight excluding hydrogens is 298 g/mol. The Morgan fingerprint density at radius 3 is 2.57 bits per heavy atom. The molecule has 130 valence electrons. The van der Waals surface area contributed by atoms with Crippen LogP contribution in [0, 0.1) is 0 Å². The Bertz CT molecular complexity index is 476. The van der Waals surface area contributed by atoms with Gasteiger partial charge >= 0.3 is 6.09 Å². The van der Waals surface area contributed by atoms with E-state index in [0.717, 1.165) is 19.4 Å². The molecule has 0 aromatic carbocycles. The van der Waals surface area contributed by atoms with Gasteiger partial charge in [0.15, 0.2) is 0 Å². The molecule has 0 N–H and O–H groups in total. The van der Waals surface area contributed by atoms with Crippen molar-refractivity contribution in [1.29, 1.82) is 0 Å². The van der Waals surface area contributed by atoms with Crippen molar-refractivity contribution >= 4 is 12.0 Å². The van der Waals surface area contributed by atoms with E-state index in [1.54, 1.807) is 11.9 Å². The molecule has 0 radical (unpaired) electrons. The van der Waals surface area contributed by atoms with Crippen LogP contribution in [0.3, 0.4) is 0 Å². The number of hydrogen-bond acceptors (Lipinski definition) is 5. The normalized spacial score (nSPS) is 35.7. The number of likely N-dealkylation sites (N-methyl/N-ethyl adjacent to an activating group) is 1. The monoisotopic (exact) mass is 325 g/mol. The van der Waals surface area contributed by atoms with E-state index in [1.807, 2.05) is 18.7 Å². The van der Waals surface area contributed by atoms with Crippen LogP contribution >= 0.6 is 0 Å². The van der Waals surface area contributed by atoms with Crippen molar-refractivity contribution in [3.63, 3.8) is 0 Å². The summed E-state index contributed by atoms with van der Waals surface area (Å²) < 4.78 is 11.3. The van der Waals surface area contributed by atoms with Crippen molar-refractivity contribution in [2.45, 2.75) is 44.5 Å². The third kappa shape index (κ3) is 3.61. The number of amides is 2. The molecule has 23 heavy (non-hydrogen) atoms. The van der Waals surface area contributed by atoms with Gasteiger partial charge in [-0.2, -0.15) is 0 Å². The van der Waals surface area contributed by atoms with Gasteiger partial charge in [0.05, 0.1) is 25.3 Å². The molecule has 7 nitrogen and oxygen atoms in total. The predicted octanol–water partition coefficient (Wildman–Crippen LogP) is 0.539. The summed E-state index contributed by atoms with van der Waals surface area (Å²) in [6.07, 6.45) is 1.73. The Kier molecular flexibility index (Phi) is 4.51. The molecule has 3 rings (SSSR count). The fourth-order valence-electron chi connectivity index (χ4n) is 4.00. The summed E-state index contributed by atoms with van der Waals surface area (Å²) in [5, 5.41) is 0. The first kappa shape index (κ1) is 16.5. The minimum atomic E-state index is -0.435. The van der Waals surface area contributed by atoms with Crippen LogP contribution in [0.1, 0.15) is 26.7 Å². The third-order valence-corrected chi connectivity index (χ3v) is 4.89. The summed E-state index contributed by atoms with van der Waals surface area (Å²) >= 11 is 0. The maximum atomic E-state index is 12.6. The molecule has 3 fully saturated rings. The lowest BCUT2D eigenvalue weighted by Gasteiger charge is -2.40. The second-order valence-electron chi connectivity index (χ2n) is 7.28. The number of nitrogens with zero attached hydrogens (tertiary/aromatic N) is 3. The summed E-state index contributed by atoms with van der Waals surface area (Å²) in [6.45, 7) is 7.83. The molecule has 3 aliphatic heterocycles. The molecule has 0 bridgehead atoms. The number of ether oxygens (including phenoxy) is 2. The van der Waals surface area contributed by atoms with E-state index in [9.17, 15) is 9.59 Å². The van der Waals surface area contributed by atoms with Gasteiger partial charge in [-0.1, -0.05) is 0 Å². The fraction of sp³-hybridized carbons (Fsp3) is 0.875. The number of rotatable bonds is 2. The van der Waals surface area contributed by atoms with Crippen molar-refractivity contribution < 1.29 is 19.1 Å². The molecule has 0 aliphatic carbocycles. The zero-order chi connectivity index (χ0) is 16.6. The molecule has 0 saturated carbocycles. The summed E-state index contributed by atoms with van der Waals surface area (Å²) in [7, 11) is 1.76. The smallest absolute Gasteiger partial charge is 0.410 e. The lowest BCUT2D eigenvalue weighted by Crippen LogP contribution is -2.55. The molecule has 3 atom stereocenters. The van der Waals surface area contributed by atoms with E-state index >= 15 is 0 Å². The Hall–Kier alpha value is -1.34. The Morgan fingerprint density at radius 2 is 1.96 bits per heavy atom. The number of likely N-dealkylation sites (tertiary alicyclic amines) is 1. The molecule has 3 saturated heterocycles. The van der Waals surface area contributed by atoms with Crippen molar-refractivity contribution in [1.82, 2.24) is 14.7 Å². The first-order valence-corrected chi connectivity index (χ1v) is 8.47. The second kappa shape index (κ2) is 6.28. The zero-order valence-corrected chi connectivity index (χ0v) is 14.3. The quantitative estimate of drug-likeness (QED) is 0.741. The molecule has 1 unspecified atom stereocenters. The van der Waals surface area contributed by atoms with Crippen LogP contribution in [0.4, 0.5) is 4.79 Å². The Morgan fingerprint density at radius 1 is 1.26 bits per heavy atom.